The molecule has 6 heteroatoms. The number of carbonyl (C=O) groups excluding carboxylic acids is 1. The van der Waals surface area contributed by atoms with Gasteiger partial charge in [0, 0.05) is 30.5 Å². The molecule has 0 aromatic heterocycles. The molecule has 2 aromatic rings. The van der Waals surface area contributed by atoms with E-state index in [4.69, 9.17) is 0 Å². The van der Waals surface area contributed by atoms with Crippen molar-refractivity contribution in [2.45, 2.75) is 83.2 Å². The van der Waals surface area contributed by atoms with Gasteiger partial charge in [-0.3, -0.25) is 4.79 Å². The lowest BCUT2D eigenvalue weighted by Crippen LogP contribution is -2.47. The van der Waals surface area contributed by atoms with Gasteiger partial charge in [0.2, 0.25) is 5.91 Å². The molecule has 0 bridgehead atoms. The minimum Gasteiger partial charge on any atom is -0.353 e. The molecule has 0 aliphatic heterocycles. The summed E-state index contributed by atoms with van der Waals surface area (Å²) in [6.07, 6.45) is 4.35. The second-order valence-corrected chi connectivity index (χ2v) is 10.9. The number of rotatable bonds is 8. The van der Waals surface area contributed by atoms with Crippen LogP contribution < -0.4 is 10.6 Å². The van der Waals surface area contributed by atoms with Gasteiger partial charge in [0.1, 0.15) is 11.6 Å². The van der Waals surface area contributed by atoms with E-state index in [-0.39, 0.29) is 28.8 Å². The fourth-order valence-corrected chi connectivity index (χ4v) is 5.10. The van der Waals surface area contributed by atoms with Crippen molar-refractivity contribution >= 4 is 5.91 Å². The van der Waals surface area contributed by atoms with E-state index in [1.807, 2.05) is 0 Å². The molecule has 4 nitrogen and oxygen atoms in total. The zero-order valence-electron chi connectivity index (χ0n) is 21.3. The number of nitrogens with zero attached hydrogens (tertiary/aromatic N) is 1. The summed E-state index contributed by atoms with van der Waals surface area (Å²) in [7, 11) is 0. The molecule has 0 saturated heterocycles. The van der Waals surface area contributed by atoms with Gasteiger partial charge in [0.25, 0.3) is 0 Å². The highest BCUT2D eigenvalue weighted by Crippen LogP contribution is 2.40. The maximum absolute atomic E-state index is 13.7. The number of benzene rings is 2. The molecule has 0 unspecified atom stereocenters. The fourth-order valence-electron chi connectivity index (χ4n) is 5.10. The van der Waals surface area contributed by atoms with Crippen molar-refractivity contribution in [2.75, 3.05) is 6.54 Å². The average molecular weight is 482 g/mol. The maximum atomic E-state index is 13.7. The Balaban J connectivity index is 1.78. The van der Waals surface area contributed by atoms with Crippen LogP contribution in [0.15, 0.2) is 42.5 Å². The summed E-state index contributed by atoms with van der Waals surface area (Å²) >= 11 is 0. The van der Waals surface area contributed by atoms with E-state index in [1.165, 1.54) is 30.2 Å². The first-order valence-corrected chi connectivity index (χ1v) is 12.5. The molecule has 0 heterocycles. The van der Waals surface area contributed by atoms with Crippen LogP contribution in [0.3, 0.4) is 0 Å². The molecule has 0 radical (unpaired) electrons. The lowest BCUT2D eigenvalue weighted by Gasteiger charge is -2.41. The van der Waals surface area contributed by atoms with E-state index in [2.05, 4.69) is 61.7 Å². The third kappa shape index (κ3) is 7.35. The minimum absolute atomic E-state index is 0.0256. The van der Waals surface area contributed by atoms with Gasteiger partial charge in [0.15, 0.2) is 0 Å². The SMILES string of the molecule is CC(=O)N[C@H](CCNC1(c2cccc(C(C)(C)C)c2)CCC(C#N)CC1)Cc1cc(F)cc(F)c1. The van der Waals surface area contributed by atoms with Gasteiger partial charge < -0.3 is 10.6 Å². The van der Waals surface area contributed by atoms with Gasteiger partial charge in [-0.25, -0.2) is 8.78 Å². The topological polar surface area (TPSA) is 64.9 Å². The Morgan fingerprint density at radius 2 is 1.80 bits per heavy atom. The van der Waals surface area contributed by atoms with Crippen LogP contribution in [0, 0.1) is 28.9 Å². The normalized spacial score (nSPS) is 21.2. The summed E-state index contributed by atoms with van der Waals surface area (Å²) in [5.41, 5.74) is 2.79. The van der Waals surface area contributed by atoms with Crippen LogP contribution in [0.2, 0.25) is 0 Å². The Bertz CT molecular complexity index is 1040. The van der Waals surface area contributed by atoms with Crippen molar-refractivity contribution in [3.8, 4) is 6.07 Å². The standard InChI is InChI=1S/C29H37F2N3O/c1-20(35)34-27(16-22-14-25(30)18-26(31)15-22)10-13-33-29(11-8-21(19-32)9-12-29)24-7-5-6-23(17-24)28(2,3)4/h5-7,14-15,17-18,21,27,33H,8-13,16H2,1-4H3,(H,34,35)/t21?,27-,29?/m1/s1. The number of nitrogens with one attached hydrogen (secondary N) is 2. The van der Waals surface area contributed by atoms with Crippen molar-refractivity contribution in [2.24, 2.45) is 5.92 Å². The van der Waals surface area contributed by atoms with Crippen LogP contribution in [-0.4, -0.2) is 18.5 Å². The number of nitriles is 1. The summed E-state index contributed by atoms with van der Waals surface area (Å²) in [5.74, 6) is -1.34. The Morgan fingerprint density at radius 1 is 1.14 bits per heavy atom. The molecular weight excluding hydrogens is 444 g/mol. The van der Waals surface area contributed by atoms with Crippen LogP contribution in [0.1, 0.15) is 76.5 Å². The Labute approximate surface area is 208 Å². The molecule has 35 heavy (non-hydrogen) atoms. The fraction of sp³-hybridized carbons (Fsp3) is 0.517. The lowest BCUT2D eigenvalue weighted by atomic mass is 9.72. The highest BCUT2D eigenvalue weighted by molar-refractivity contribution is 5.73. The molecule has 1 saturated carbocycles. The maximum Gasteiger partial charge on any atom is 0.217 e. The molecular formula is C29H37F2N3O. The van der Waals surface area contributed by atoms with Gasteiger partial charge in [-0.05, 0) is 79.3 Å². The highest BCUT2D eigenvalue weighted by Gasteiger charge is 2.37. The highest BCUT2D eigenvalue weighted by atomic mass is 19.1. The number of hydrogen-bond donors (Lipinski definition) is 2. The van der Waals surface area contributed by atoms with Crippen molar-refractivity contribution < 1.29 is 13.6 Å². The van der Waals surface area contributed by atoms with Gasteiger partial charge >= 0.3 is 0 Å². The van der Waals surface area contributed by atoms with Gasteiger partial charge in [-0.2, -0.15) is 5.26 Å². The first kappa shape index (κ1) is 26.8. The number of carbonyl (C=O) groups is 1. The largest absolute Gasteiger partial charge is 0.353 e. The summed E-state index contributed by atoms with van der Waals surface area (Å²) in [6, 6.07) is 14.4. The molecule has 2 aromatic carbocycles. The molecule has 1 aliphatic carbocycles. The van der Waals surface area contributed by atoms with E-state index in [9.17, 15) is 18.8 Å². The second kappa shape index (κ2) is 11.3. The van der Waals surface area contributed by atoms with Crippen molar-refractivity contribution in [3.05, 3.63) is 70.8 Å². The van der Waals surface area contributed by atoms with Gasteiger partial charge in [0.05, 0.1) is 6.07 Å². The van der Waals surface area contributed by atoms with Crippen LogP contribution >= 0.6 is 0 Å². The zero-order valence-corrected chi connectivity index (χ0v) is 21.3. The Morgan fingerprint density at radius 3 is 2.37 bits per heavy atom. The predicted octanol–water partition coefficient (Wildman–Crippen LogP) is 5.90. The molecule has 1 fully saturated rings. The third-order valence-corrected chi connectivity index (χ3v) is 7.07. The van der Waals surface area contributed by atoms with Gasteiger partial charge in [-0.15, -0.1) is 0 Å². The zero-order chi connectivity index (χ0) is 25.6. The van der Waals surface area contributed by atoms with E-state index in [0.717, 1.165) is 31.7 Å². The Hall–Kier alpha value is -2.78. The molecule has 0 spiro atoms. The minimum atomic E-state index is -0.619. The van der Waals surface area contributed by atoms with Crippen LogP contribution in [-0.2, 0) is 22.2 Å². The molecule has 1 aliphatic rings. The second-order valence-electron chi connectivity index (χ2n) is 10.9. The third-order valence-electron chi connectivity index (χ3n) is 7.07. The summed E-state index contributed by atoms with van der Waals surface area (Å²) in [5, 5.41) is 16.1. The molecule has 2 N–H and O–H groups in total. The van der Waals surface area contributed by atoms with Crippen LogP contribution in [0.25, 0.3) is 0 Å². The van der Waals surface area contributed by atoms with E-state index in [0.29, 0.717) is 24.9 Å². The monoisotopic (exact) mass is 481 g/mol. The first-order chi connectivity index (χ1) is 16.5. The molecule has 1 atom stereocenters. The lowest BCUT2D eigenvalue weighted by molar-refractivity contribution is -0.119. The Kier molecular flexibility index (Phi) is 8.66. The van der Waals surface area contributed by atoms with E-state index in [1.54, 1.807) is 0 Å². The van der Waals surface area contributed by atoms with Crippen molar-refractivity contribution in [3.63, 3.8) is 0 Å². The van der Waals surface area contributed by atoms with Crippen LogP contribution in [0.4, 0.5) is 8.78 Å². The smallest absolute Gasteiger partial charge is 0.217 e. The quantitative estimate of drug-likeness (QED) is 0.493. The van der Waals surface area contributed by atoms with Crippen molar-refractivity contribution in [1.82, 2.24) is 10.6 Å². The molecule has 1 amide bonds. The van der Waals surface area contributed by atoms with Crippen molar-refractivity contribution in [1.29, 1.82) is 5.26 Å². The van der Waals surface area contributed by atoms with Gasteiger partial charge in [-0.1, -0.05) is 45.0 Å². The number of halogens is 2. The summed E-state index contributed by atoms with van der Waals surface area (Å²) < 4.78 is 27.4. The average Bonchev–Trinajstić information content (AvgIpc) is 2.78. The van der Waals surface area contributed by atoms with E-state index < -0.39 is 11.6 Å². The predicted molar refractivity (Wildman–Crippen MR) is 135 cm³/mol. The molecule has 3 rings (SSSR count). The van der Waals surface area contributed by atoms with E-state index >= 15 is 0 Å². The molecule has 188 valence electrons. The number of amides is 1. The first-order valence-electron chi connectivity index (χ1n) is 12.5. The number of hydrogen-bond acceptors (Lipinski definition) is 3. The summed E-state index contributed by atoms with van der Waals surface area (Å²) in [4.78, 5) is 11.8. The summed E-state index contributed by atoms with van der Waals surface area (Å²) in [6.45, 7) is 8.68. The van der Waals surface area contributed by atoms with Crippen LogP contribution in [0.5, 0.6) is 0 Å².